The Hall–Kier alpha value is -1.27. The Morgan fingerprint density at radius 3 is 2.61 bits per heavy atom. The van der Waals surface area contributed by atoms with Crippen LogP contribution in [-0.4, -0.2) is 10.9 Å². The van der Waals surface area contributed by atoms with Crippen LogP contribution in [0.1, 0.15) is 13.3 Å². The van der Waals surface area contributed by atoms with Crippen LogP contribution in [0.4, 0.5) is 14.5 Å². The lowest BCUT2D eigenvalue weighted by molar-refractivity contribution is -0.118. The lowest BCUT2D eigenvalue weighted by atomic mass is 10.1. The number of carbonyl (C=O) groups excluding carboxylic acids is 1. The van der Waals surface area contributed by atoms with Gasteiger partial charge in [0, 0.05) is 6.07 Å². The predicted octanol–water partition coefficient (Wildman–Crippen LogP) is 2.87. The molecule has 0 saturated heterocycles. The van der Waals surface area contributed by atoms with E-state index in [0.717, 1.165) is 6.07 Å². The molecule has 0 aliphatic heterocycles. The Balaban J connectivity index is 2.98. The smallest absolute Gasteiger partial charge is 0.234 e. The summed E-state index contributed by atoms with van der Waals surface area (Å²) in [7, 11) is 0. The minimum atomic E-state index is -0.953. The van der Waals surface area contributed by atoms with Gasteiger partial charge in [-0.05, 0) is 12.5 Å². The number of benzene rings is 1. The van der Waals surface area contributed by atoms with E-state index in [1.54, 1.807) is 6.92 Å². The van der Waals surface area contributed by atoms with Gasteiger partial charge in [-0.15, -0.1) is 0 Å². The van der Waals surface area contributed by atoms with E-state index < -0.39 is 23.5 Å². The second-order valence-corrected chi connectivity index (χ2v) is 4.48. The maximum absolute atomic E-state index is 13.4. The molecule has 1 rings (SSSR count). The average molecular weight is 293 g/mol. The van der Waals surface area contributed by atoms with Gasteiger partial charge in [0.1, 0.15) is 5.82 Å². The highest BCUT2D eigenvalue weighted by Crippen LogP contribution is 2.27. The quantitative estimate of drug-likeness (QED) is 0.839. The monoisotopic (exact) mass is 292 g/mol. The molecule has 0 aliphatic carbocycles. The first-order valence-electron chi connectivity index (χ1n) is 5.11. The molecule has 1 amide bonds. The molecule has 1 aromatic rings. The Morgan fingerprint density at radius 2 is 2.17 bits per heavy atom. The summed E-state index contributed by atoms with van der Waals surface area (Å²) >= 11 is 10.4. The van der Waals surface area contributed by atoms with E-state index in [2.05, 4.69) is 5.32 Å². The first-order chi connectivity index (χ1) is 8.36. The van der Waals surface area contributed by atoms with Crippen molar-refractivity contribution in [3.05, 3.63) is 28.8 Å². The summed E-state index contributed by atoms with van der Waals surface area (Å²) in [6, 6.07) is 1.53. The maximum atomic E-state index is 13.4. The normalized spacial score (nSPS) is 12.0. The second kappa shape index (κ2) is 6.06. The Labute approximate surface area is 113 Å². The average Bonchev–Trinajstić information content (AvgIpc) is 2.23. The Kier molecular flexibility index (Phi) is 4.98. The van der Waals surface area contributed by atoms with Crippen LogP contribution in [0.15, 0.2) is 12.1 Å². The zero-order valence-corrected chi connectivity index (χ0v) is 11.0. The van der Waals surface area contributed by atoms with Crippen molar-refractivity contribution in [1.82, 2.24) is 0 Å². The van der Waals surface area contributed by atoms with E-state index in [1.807, 2.05) is 0 Å². The lowest BCUT2D eigenvalue weighted by Gasteiger charge is -2.14. The van der Waals surface area contributed by atoms with E-state index in [4.69, 9.17) is 29.6 Å². The van der Waals surface area contributed by atoms with Gasteiger partial charge in [0.05, 0.1) is 21.6 Å². The number of nitrogens with two attached hydrogens (primary N) is 1. The van der Waals surface area contributed by atoms with E-state index in [0.29, 0.717) is 12.5 Å². The van der Waals surface area contributed by atoms with Gasteiger partial charge in [-0.1, -0.05) is 30.7 Å². The molecule has 3 N–H and O–H groups in total. The molecular formula is C11H11ClF2N2OS. The number of anilines is 1. The van der Waals surface area contributed by atoms with Gasteiger partial charge >= 0.3 is 0 Å². The topological polar surface area (TPSA) is 55.1 Å². The molecule has 0 heterocycles. The minimum Gasteiger partial charge on any atom is -0.393 e. The molecule has 0 bridgehead atoms. The van der Waals surface area contributed by atoms with Crippen LogP contribution in [0, 0.1) is 17.6 Å². The van der Waals surface area contributed by atoms with Gasteiger partial charge in [-0.2, -0.15) is 0 Å². The van der Waals surface area contributed by atoms with Crippen LogP contribution in [-0.2, 0) is 4.79 Å². The van der Waals surface area contributed by atoms with E-state index >= 15 is 0 Å². The van der Waals surface area contributed by atoms with Crippen LogP contribution in [0.2, 0.25) is 5.02 Å². The molecule has 7 heteroatoms. The van der Waals surface area contributed by atoms with Gasteiger partial charge in [-0.25, -0.2) is 8.78 Å². The van der Waals surface area contributed by atoms with Gasteiger partial charge in [0.2, 0.25) is 5.91 Å². The SMILES string of the molecule is CCC(C(=O)Nc1c(F)cc(F)cc1Cl)C(N)=S. The number of thiocarbonyl (C=S) groups is 1. The molecule has 0 radical (unpaired) electrons. The molecule has 0 aliphatic rings. The summed E-state index contributed by atoms with van der Waals surface area (Å²) in [6.07, 6.45) is 0.377. The molecule has 3 nitrogen and oxygen atoms in total. The molecule has 98 valence electrons. The lowest BCUT2D eigenvalue weighted by Crippen LogP contribution is -2.33. The van der Waals surface area contributed by atoms with Crippen LogP contribution < -0.4 is 11.1 Å². The van der Waals surface area contributed by atoms with Crippen LogP contribution in [0.25, 0.3) is 0 Å². The number of rotatable bonds is 4. The highest BCUT2D eigenvalue weighted by Gasteiger charge is 2.21. The highest BCUT2D eigenvalue weighted by atomic mass is 35.5. The maximum Gasteiger partial charge on any atom is 0.234 e. The first-order valence-corrected chi connectivity index (χ1v) is 5.90. The molecule has 0 aromatic heterocycles. The summed E-state index contributed by atoms with van der Waals surface area (Å²) in [6.45, 7) is 1.71. The van der Waals surface area contributed by atoms with Crippen molar-refractivity contribution >= 4 is 40.4 Å². The van der Waals surface area contributed by atoms with Gasteiger partial charge in [-0.3, -0.25) is 4.79 Å². The number of carbonyl (C=O) groups is 1. The third kappa shape index (κ3) is 3.36. The zero-order chi connectivity index (χ0) is 13.9. The zero-order valence-electron chi connectivity index (χ0n) is 9.47. The van der Waals surface area contributed by atoms with Gasteiger partial charge in [0.25, 0.3) is 0 Å². The Morgan fingerprint density at radius 1 is 1.56 bits per heavy atom. The number of halogens is 3. The number of nitrogens with one attached hydrogen (secondary N) is 1. The van der Waals surface area contributed by atoms with Crippen molar-refractivity contribution in [2.24, 2.45) is 11.7 Å². The van der Waals surface area contributed by atoms with Gasteiger partial charge < -0.3 is 11.1 Å². The van der Waals surface area contributed by atoms with E-state index in [9.17, 15) is 13.6 Å². The van der Waals surface area contributed by atoms with Crippen LogP contribution in [0.5, 0.6) is 0 Å². The fraction of sp³-hybridized carbons (Fsp3) is 0.273. The van der Waals surface area contributed by atoms with Crippen molar-refractivity contribution in [3.63, 3.8) is 0 Å². The molecule has 0 fully saturated rings. The summed E-state index contributed by atoms with van der Waals surface area (Å²) < 4.78 is 26.3. The standard InChI is InChI=1S/C11H11ClF2N2OS/c1-2-6(10(15)18)11(17)16-9-7(12)3-5(13)4-8(9)14/h3-4,6H,2H2,1H3,(H2,15,18)(H,16,17). The predicted molar refractivity (Wildman–Crippen MR) is 70.6 cm³/mol. The number of hydrogen-bond acceptors (Lipinski definition) is 2. The minimum absolute atomic E-state index is 0.00800. The third-order valence-electron chi connectivity index (χ3n) is 2.32. The number of hydrogen-bond donors (Lipinski definition) is 2. The van der Waals surface area contributed by atoms with Crippen molar-refractivity contribution < 1.29 is 13.6 Å². The van der Waals surface area contributed by atoms with Crippen molar-refractivity contribution in [3.8, 4) is 0 Å². The van der Waals surface area contributed by atoms with Crippen molar-refractivity contribution in [2.75, 3.05) is 5.32 Å². The van der Waals surface area contributed by atoms with Crippen LogP contribution >= 0.6 is 23.8 Å². The van der Waals surface area contributed by atoms with Crippen molar-refractivity contribution in [1.29, 1.82) is 0 Å². The molecular weight excluding hydrogens is 282 g/mol. The fourth-order valence-electron chi connectivity index (χ4n) is 1.39. The van der Waals surface area contributed by atoms with E-state index in [-0.39, 0.29) is 15.7 Å². The van der Waals surface area contributed by atoms with Gasteiger partial charge in [0.15, 0.2) is 5.82 Å². The first kappa shape index (κ1) is 14.8. The largest absolute Gasteiger partial charge is 0.393 e. The third-order valence-corrected chi connectivity index (χ3v) is 2.91. The molecule has 0 spiro atoms. The molecule has 0 saturated carbocycles. The molecule has 1 atom stereocenters. The van der Waals surface area contributed by atoms with Crippen molar-refractivity contribution in [2.45, 2.75) is 13.3 Å². The van der Waals surface area contributed by atoms with Crippen LogP contribution in [0.3, 0.4) is 0 Å². The summed E-state index contributed by atoms with van der Waals surface area (Å²) in [4.78, 5) is 11.8. The summed E-state index contributed by atoms with van der Waals surface area (Å²) in [5.74, 6) is -3.07. The molecule has 1 unspecified atom stereocenters. The number of amides is 1. The molecule has 1 aromatic carbocycles. The molecule has 18 heavy (non-hydrogen) atoms. The fourth-order valence-corrected chi connectivity index (χ4v) is 1.90. The summed E-state index contributed by atoms with van der Waals surface area (Å²) in [5.41, 5.74) is 5.11. The van der Waals surface area contributed by atoms with E-state index in [1.165, 1.54) is 0 Å². The Bertz CT molecular complexity index is 473. The second-order valence-electron chi connectivity index (χ2n) is 3.60. The highest BCUT2D eigenvalue weighted by molar-refractivity contribution is 7.80. The summed E-state index contributed by atoms with van der Waals surface area (Å²) in [5, 5.41) is 2.03.